The minimum atomic E-state index is -0.819. The first-order valence-electron chi connectivity index (χ1n) is 7.26. The molecule has 0 saturated carbocycles. The first kappa shape index (κ1) is 17.3. The third-order valence-electron chi connectivity index (χ3n) is 4.10. The van der Waals surface area contributed by atoms with Gasteiger partial charge in [0, 0.05) is 19.3 Å². The van der Waals surface area contributed by atoms with Crippen molar-refractivity contribution in [2.75, 3.05) is 32.6 Å². The van der Waals surface area contributed by atoms with Crippen molar-refractivity contribution < 1.29 is 14.6 Å². The van der Waals surface area contributed by atoms with Crippen molar-refractivity contribution in [3.05, 3.63) is 24.3 Å². The van der Waals surface area contributed by atoms with Crippen LogP contribution in [0.15, 0.2) is 24.3 Å². The second-order valence-electron chi connectivity index (χ2n) is 5.21. The fraction of sp³-hybridized carbons (Fsp3) is 0.562. The molecule has 0 amide bonds. The molecule has 0 fully saturated rings. The SMILES string of the molecule is CCC(CCCN(C)c1ccc(OC)cc1)(NC)C(=O)O. The van der Waals surface area contributed by atoms with Gasteiger partial charge in [-0.15, -0.1) is 0 Å². The molecular weight excluding hydrogens is 268 g/mol. The third-order valence-corrected chi connectivity index (χ3v) is 4.10. The number of carboxylic acid groups (broad SMARTS) is 1. The zero-order chi connectivity index (χ0) is 15.9. The monoisotopic (exact) mass is 294 g/mol. The van der Waals surface area contributed by atoms with Gasteiger partial charge >= 0.3 is 5.97 Å². The van der Waals surface area contributed by atoms with Gasteiger partial charge in [0.25, 0.3) is 0 Å². The summed E-state index contributed by atoms with van der Waals surface area (Å²) in [5.74, 6) is 0.0535. The molecule has 1 rings (SSSR count). The number of methoxy groups -OCH3 is 1. The van der Waals surface area contributed by atoms with Gasteiger partial charge in [0.15, 0.2) is 0 Å². The number of nitrogens with one attached hydrogen (secondary N) is 1. The zero-order valence-electron chi connectivity index (χ0n) is 13.3. The minimum absolute atomic E-state index is 0.574. The molecule has 1 unspecified atom stereocenters. The Morgan fingerprint density at radius 1 is 1.38 bits per heavy atom. The fourth-order valence-electron chi connectivity index (χ4n) is 2.43. The smallest absolute Gasteiger partial charge is 0.323 e. The molecule has 0 bridgehead atoms. The Morgan fingerprint density at radius 2 is 2.00 bits per heavy atom. The first-order chi connectivity index (χ1) is 9.99. The van der Waals surface area contributed by atoms with Gasteiger partial charge in [-0.2, -0.15) is 0 Å². The highest BCUT2D eigenvalue weighted by atomic mass is 16.5. The van der Waals surface area contributed by atoms with Crippen molar-refractivity contribution in [1.29, 1.82) is 0 Å². The van der Waals surface area contributed by atoms with E-state index in [2.05, 4.69) is 10.2 Å². The second kappa shape index (κ2) is 7.88. The van der Waals surface area contributed by atoms with Crippen LogP contribution in [0.5, 0.6) is 5.75 Å². The quantitative estimate of drug-likeness (QED) is 0.732. The molecular formula is C16H26N2O3. The van der Waals surface area contributed by atoms with E-state index in [0.717, 1.165) is 24.4 Å². The normalized spacial score (nSPS) is 13.5. The van der Waals surface area contributed by atoms with E-state index in [9.17, 15) is 9.90 Å². The number of benzene rings is 1. The van der Waals surface area contributed by atoms with Crippen molar-refractivity contribution in [1.82, 2.24) is 5.32 Å². The molecule has 0 aliphatic heterocycles. The van der Waals surface area contributed by atoms with Crippen LogP contribution < -0.4 is 15.0 Å². The van der Waals surface area contributed by atoms with Crippen LogP contribution in [-0.4, -0.2) is 44.4 Å². The summed E-state index contributed by atoms with van der Waals surface area (Å²) in [6, 6.07) is 7.85. The molecule has 118 valence electrons. The maximum atomic E-state index is 11.4. The highest BCUT2D eigenvalue weighted by Crippen LogP contribution is 2.21. The predicted octanol–water partition coefficient (Wildman–Crippen LogP) is 2.36. The standard InChI is InChI=1S/C16H26N2O3/c1-5-16(17-2,15(19)20)11-6-12-18(3)13-7-9-14(21-4)10-8-13/h7-10,17H,5-6,11-12H2,1-4H3,(H,19,20). The maximum Gasteiger partial charge on any atom is 0.323 e. The van der Waals surface area contributed by atoms with E-state index in [1.165, 1.54) is 0 Å². The van der Waals surface area contributed by atoms with Gasteiger partial charge in [-0.25, -0.2) is 0 Å². The van der Waals surface area contributed by atoms with Crippen LogP contribution in [0.3, 0.4) is 0 Å². The Balaban J connectivity index is 2.55. The van der Waals surface area contributed by atoms with Crippen molar-refractivity contribution in [2.45, 2.75) is 31.7 Å². The maximum absolute atomic E-state index is 11.4. The average Bonchev–Trinajstić information content (AvgIpc) is 2.51. The molecule has 2 N–H and O–H groups in total. The van der Waals surface area contributed by atoms with E-state index in [-0.39, 0.29) is 0 Å². The van der Waals surface area contributed by atoms with Gasteiger partial charge in [-0.1, -0.05) is 6.92 Å². The molecule has 0 heterocycles. The minimum Gasteiger partial charge on any atom is -0.497 e. The number of anilines is 1. The largest absolute Gasteiger partial charge is 0.497 e. The fourth-order valence-corrected chi connectivity index (χ4v) is 2.43. The number of aliphatic carboxylic acids is 1. The second-order valence-corrected chi connectivity index (χ2v) is 5.21. The summed E-state index contributed by atoms with van der Waals surface area (Å²) >= 11 is 0. The summed E-state index contributed by atoms with van der Waals surface area (Å²) < 4.78 is 5.14. The summed E-state index contributed by atoms with van der Waals surface area (Å²) in [7, 11) is 5.37. The molecule has 1 aromatic rings. The zero-order valence-corrected chi connectivity index (χ0v) is 13.3. The molecule has 21 heavy (non-hydrogen) atoms. The van der Waals surface area contributed by atoms with E-state index < -0.39 is 11.5 Å². The van der Waals surface area contributed by atoms with E-state index in [4.69, 9.17) is 4.74 Å². The van der Waals surface area contributed by atoms with Crippen LogP contribution in [0, 0.1) is 0 Å². The van der Waals surface area contributed by atoms with Crippen LogP contribution in [0.4, 0.5) is 5.69 Å². The number of rotatable bonds is 9. The lowest BCUT2D eigenvalue weighted by Gasteiger charge is -2.29. The van der Waals surface area contributed by atoms with Crippen LogP contribution >= 0.6 is 0 Å². The van der Waals surface area contributed by atoms with Gasteiger partial charge in [-0.05, 0) is 50.6 Å². The molecule has 0 radical (unpaired) electrons. The van der Waals surface area contributed by atoms with E-state index in [0.29, 0.717) is 12.8 Å². The Bertz CT molecular complexity index is 441. The van der Waals surface area contributed by atoms with Gasteiger partial charge in [0.1, 0.15) is 11.3 Å². The molecule has 0 aliphatic rings. The summed E-state index contributed by atoms with van der Waals surface area (Å²) in [5, 5.41) is 12.3. The Labute approximate surface area is 126 Å². The predicted molar refractivity (Wildman–Crippen MR) is 85.2 cm³/mol. The topological polar surface area (TPSA) is 61.8 Å². The first-order valence-corrected chi connectivity index (χ1v) is 7.26. The molecule has 1 atom stereocenters. The number of likely N-dealkylation sites (N-methyl/N-ethyl adjacent to an activating group) is 1. The van der Waals surface area contributed by atoms with E-state index >= 15 is 0 Å². The summed E-state index contributed by atoms with van der Waals surface area (Å²) in [6.45, 7) is 2.71. The lowest BCUT2D eigenvalue weighted by molar-refractivity contribution is -0.145. The molecule has 5 heteroatoms. The Morgan fingerprint density at radius 3 is 2.43 bits per heavy atom. The van der Waals surface area contributed by atoms with Gasteiger partial charge < -0.3 is 20.1 Å². The van der Waals surface area contributed by atoms with Crippen LogP contribution in [0.2, 0.25) is 0 Å². The lowest BCUT2D eigenvalue weighted by atomic mass is 9.90. The highest BCUT2D eigenvalue weighted by molar-refractivity contribution is 5.78. The van der Waals surface area contributed by atoms with Crippen molar-refractivity contribution in [2.24, 2.45) is 0 Å². The lowest BCUT2D eigenvalue weighted by Crippen LogP contribution is -2.50. The van der Waals surface area contributed by atoms with Crippen LogP contribution in [0.1, 0.15) is 26.2 Å². The van der Waals surface area contributed by atoms with Crippen molar-refractivity contribution in [3.63, 3.8) is 0 Å². The number of nitrogens with zero attached hydrogens (tertiary/aromatic N) is 1. The molecule has 0 saturated heterocycles. The number of ether oxygens (including phenoxy) is 1. The van der Waals surface area contributed by atoms with Crippen LogP contribution in [0.25, 0.3) is 0 Å². The Hall–Kier alpha value is -1.75. The molecule has 0 aliphatic carbocycles. The van der Waals surface area contributed by atoms with Crippen LogP contribution in [-0.2, 0) is 4.79 Å². The molecule has 1 aromatic carbocycles. The Kier molecular flexibility index (Phi) is 6.49. The summed E-state index contributed by atoms with van der Waals surface area (Å²) in [5.41, 5.74) is 0.276. The average molecular weight is 294 g/mol. The highest BCUT2D eigenvalue weighted by Gasteiger charge is 2.34. The number of hydrogen-bond acceptors (Lipinski definition) is 4. The van der Waals surface area contributed by atoms with E-state index in [1.807, 2.05) is 38.2 Å². The van der Waals surface area contributed by atoms with Gasteiger partial charge in [-0.3, -0.25) is 4.79 Å². The molecule has 0 aromatic heterocycles. The number of carboxylic acids is 1. The summed E-state index contributed by atoms with van der Waals surface area (Å²) in [6.07, 6.45) is 1.99. The summed E-state index contributed by atoms with van der Waals surface area (Å²) in [4.78, 5) is 13.5. The molecule has 5 nitrogen and oxygen atoms in total. The van der Waals surface area contributed by atoms with Gasteiger partial charge in [0.05, 0.1) is 7.11 Å². The third kappa shape index (κ3) is 4.36. The number of hydrogen-bond donors (Lipinski definition) is 2. The van der Waals surface area contributed by atoms with Crippen molar-refractivity contribution >= 4 is 11.7 Å². The number of carbonyl (C=O) groups is 1. The van der Waals surface area contributed by atoms with E-state index in [1.54, 1.807) is 14.2 Å². The molecule has 0 spiro atoms. The van der Waals surface area contributed by atoms with Crippen molar-refractivity contribution in [3.8, 4) is 5.75 Å². The van der Waals surface area contributed by atoms with Gasteiger partial charge in [0.2, 0.25) is 0 Å².